The Morgan fingerprint density at radius 2 is 2.25 bits per heavy atom. The lowest BCUT2D eigenvalue weighted by molar-refractivity contribution is 0.0771. The summed E-state index contributed by atoms with van der Waals surface area (Å²) in [7, 11) is 0. The Morgan fingerprint density at radius 3 is 2.88 bits per heavy atom. The molecule has 84 valence electrons. The maximum atomic E-state index is 12.1. The Labute approximate surface area is 99.7 Å². The summed E-state index contributed by atoms with van der Waals surface area (Å²) >= 11 is 5.84. The fraction of sp³-hybridized carbons (Fsp3) is 0.333. The first kappa shape index (κ1) is 11.1. The number of halogens is 1. The van der Waals surface area contributed by atoms with E-state index in [0.29, 0.717) is 17.3 Å². The molecule has 0 bridgehead atoms. The van der Waals surface area contributed by atoms with Crippen molar-refractivity contribution >= 4 is 17.5 Å². The van der Waals surface area contributed by atoms with Gasteiger partial charge in [-0.2, -0.15) is 0 Å². The third-order valence-electron chi connectivity index (χ3n) is 2.51. The summed E-state index contributed by atoms with van der Waals surface area (Å²) in [6, 6.07) is 3.39. The normalized spacial score (nSPS) is 15.2. The van der Waals surface area contributed by atoms with E-state index in [-0.39, 0.29) is 5.91 Å². The third-order valence-corrected chi connectivity index (χ3v) is 2.71. The highest BCUT2D eigenvalue weighted by Crippen LogP contribution is 2.14. The van der Waals surface area contributed by atoms with Crippen LogP contribution in [0.4, 0.5) is 0 Å². The molecule has 4 heteroatoms. The first-order valence-corrected chi connectivity index (χ1v) is 5.63. The highest BCUT2D eigenvalue weighted by Gasteiger charge is 2.16. The predicted octanol–water partition coefficient (Wildman–Crippen LogP) is 2.45. The molecule has 1 aliphatic heterocycles. The van der Waals surface area contributed by atoms with Crippen molar-refractivity contribution in [2.24, 2.45) is 0 Å². The highest BCUT2D eigenvalue weighted by molar-refractivity contribution is 6.29. The molecule has 16 heavy (non-hydrogen) atoms. The number of carbonyl (C=O) groups is 1. The van der Waals surface area contributed by atoms with Crippen LogP contribution in [-0.4, -0.2) is 28.9 Å². The Hall–Kier alpha value is -1.35. The van der Waals surface area contributed by atoms with Gasteiger partial charge < -0.3 is 4.90 Å². The van der Waals surface area contributed by atoms with E-state index < -0.39 is 0 Å². The van der Waals surface area contributed by atoms with Crippen molar-refractivity contribution in [3.05, 3.63) is 40.7 Å². The molecule has 1 aliphatic rings. The van der Waals surface area contributed by atoms with Crippen molar-refractivity contribution in [3.8, 4) is 0 Å². The molecule has 2 heterocycles. The maximum Gasteiger partial charge on any atom is 0.254 e. The molecule has 0 aliphatic carbocycles. The highest BCUT2D eigenvalue weighted by atomic mass is 35.5. The van der Waals surface area contributed by atoms with Gasteiger partial charge in [-0.15, -0.1) is 0 Å². The van der Waals surface area contributed by atoms with E-state index in [1.807, 2.05) is 17.9 Å². The number of rotatable bonds is 1. The number of aromatic nitrogens is 1. The second kappa shape index (κ2) is 4.66. The average Bonchev–Trinajstić information content (AvgIpc) is 2.28. The van der Waals surface area contributed by atoms with Crippen LogP contribution in [-0.2, 0) is 0 Å². The van der Waals surface area contributed by atoms with Gasteiger partial charge in [0.05, 0.1) is 0 Å². The zero-order valence-electron chi connectivity index (χ0n) is 9.11. The summed E-state index contributed by atoms with van der Waals surface area (Å²) in [6.45, 7) is 3.28. The molecule has 1 amide bonds. The van der Waals surface area contributed by atoms with Crippen LogP contribution in [0.1, 0.15) is 22.5 Å². The summed E-state index contributed by atoms with van der Waals surface area (Å²) < 4.78 is 0. The lowest BCUT2D eigenvalue weighted by Crippen LogP contribution is -2.33. The summed E-state index contributed by atoms with van der Waals surface area (Å²) in [5, 5.41) is 0.371. The van der Waals surface area contributed by atoms with Gasteiger partial charge in [0.15, 0.2) is 0 Å². The Bertz CT molecular complexity index is 422. The van der Waals surface area contributed by atoms with Gasteiger partial charge in [0, 0.05) is 24.3 Å². The Morgan fingerprint density at radius 1 is 1.44 bits per heavy atom. The van der Waals surface area contributed by atoms with Crippen LogP contribution in [0.25, 0.3) is 0 Å². The zero-order chi connectivity index (χ0) is 11.5. The molecule has 0 fully saturated rings. The number of nitrogens with zero attached hydrogens (tertiary/aromatic N) is 2. The number of aryl methyl sites for hydroxylation is 1. The molecule has 0 N–H and O–H groups in total. The topological polar surface area (TPSA) is 33.2 Å². The van der Waals surface area contributed by atoms with Crippen molar-refractivity contribution in [3.63, 3.8) is 0 Å². The molecule has 0 radical (unpaired) electrons. The lowest BCUT2D eigenvalue weighted by Gasteiger charge is -2.23. The third kappa shape index (κ3) is 2.42. The molecular weight excluding hydrogens is 224 g/mol. The van der Waals surface area contributed by atoms with E-state index in [1.165, 1.54) is 0 Å². The first-order valence-electron chi connectivity index (χ1n) is 5.25. The number of pyridine rings is 1. The smallest absolute Gasteiger partial charge is 0.254 e. The summed E-state index contributed by atoms with van der Waals surface area (Å²) in [6.07, 6.45) is 5.02. The minimum absolute atomic E-state index is 0.0248. The maximum absolute atomic E-state index is 12.1. The van der Waals surface area contributed by atoms with E-state index in [4.69, 9.17) is 11.6 Å². The number of hydrogen-bond donors (Lipinski definition) is 0. The molecule has 3 nitrogen and oxygen atoms in total. The Kier molecular flexibility index (Phi) is 3.25. The molecule has 1 aromatic rings. The molecule has 0 atom stereocenters. The van der Waals surface area contributed by atoms with Gasteiger partial charge in [-0.3, -0.25) is 4.79 Å². The van der Waals surface area contributed by atoms with Crippen molar-refractivity contribution in [2.75, 3.05) is 13.1 Å². The van der Waals surface area contributed by atoms with Crippen LogP contribution >= 0.6 is 11.6 Å². The summed E-state index contributed by atoms with van der Waals surface area (Å²) in [5.74, 6) is 0.0248. The van der Waals surface area contributed by atoms with Gasteiger partial charge >= 0.3 is 0 Å². The lowest BCUT2D eigenvalue weighted by atomic mass is 10.1. The predicted molar refractivity (Wildman–Crippen MR) is 63.6 cm³/mol. The van der Waals surface area contributed by atoms with Crippen molar-refractivity contribution in [1.29, 1.82) is 0 Å². The van der Waals surface area contributed by atoms with Gasteiger partial charge in [0.2, 0.25) is 0 Å². The minimum atomic E-state index is 0.0248. The van der Waals surface area contributed by atoms with Crippen LogP contribution in [0.5, 0.6) is 0 Å². The molecular formula is C12H13ClN2O. The fourth-order valence-corrected chi connectivity index (χ4v) is 2.01. The number of carbonyl (C=O) groups excluding carboxylic acids is 1. The van der Waals surface area contributed by atoms with Gasteiger partial charge in [-0.1, -0.05) is 23.8 Å². The van der Waals surface area contributed by atoms with Gasteiger partial charge in [0.25, 0.3) is 5.91 Å². The monoisotopic (exact) mass is 236 g/mol. The average molecular weight is 237 g/mol. The molecule has 0 aromatic carbocycles. The van der Waals surface area contributed by atoms with Crippen molar-refractivity contribution in [1.82, 2.24) is 9.88 Å². The quantitative estimate of drug-likeness (QED) is 0.554. The van der Waals surface area contributed by atoms with E-state index in [2.05, 4.69) is 11.1 Å². The first-order chi connectivity index (χ1) is 7.66. The summed E-state index contributed by atoms with van der Waals surface area (Å²) in [5.41, 5.74) is 1.39. The van der Waals surface area contributed by atoms with E-state index in [1.54, 1.807) is 12.1 Å². The van der Waals surface area contributed by atoms with E-state index in [9.17, 15) is 4.79 Å². The van der Waals surface area contributed by atoms with Crippen LogP contribution in [0.2, 0.25) is 5.15 Å². The SMILES string of the molecule is Cc1cc(C(=O)N2CC=CCC2)cc(Cl)n1. The van der Waals surface area contributed by atoms with Gasteiger partial charge in [0.1, 0.15) is 5.15 Å². The molecule has 1 aromatic heterocycles. The minimum Gasteiger partial charge on any atom is -0.335 e. The second-order valence-corrected chi connectivity index (χ2v) is 4.22. The molecule has 0 saturated heterocycles. The van der Waals surface area contributed by atoms with Crippen LogP contribution < -0.4 is 0 Å². The standard InChI is InChI=1S/C12H13ClN2O/c1-9-7-10(8-11(13)14-9)12(16)15-5-3-2-4-6-15/h2-3,7-8H,4-6H2,1H3. The molecule has 0 spiro atoms. The van der Waals surface area contributed by atoms with E-state index in [0.717, 1.165) is 18.7 Å². The summed E-state index contributed by atoms with van der Waals surface area (Å²) in [4.78, 5) is 18.0. The number of hydrogen-bond acceptors (Lipinski definition) is 2. The number of amides is 1. The van der Waals surface area contributed by atoms with Gasteiger partial charge in [-0.25, -0.2) is 4.98 Å². The molecule has 0 unspecified atom stereocenters. The molecule has 0 saturated carbocycles. The van der Waals surface area contributed by atoms with Crippen LogP contribution in [0.3, 0.4) is 0 Å². The molecule has 2 rings (SSSR count). The zero-order valence-corrected chi connectivity index (χ0v) is 9.87. The van der Waals surface area contributed by atoms with Crippen molar-refractivity contribution in [2.45, 2.75) is 13.3 Å². The largest absolute Gasteiger partial charge is 0.335 e. The fourth-order valence-electron chi connectivity index (χ4n) is 1.76. The van der Waals surface area contributed by atoms with Crippen LogP contribution in [0, 0.1) is 6.92 Å². The van der Waals surface area contributed by atoms with Crippen LogP contribution in [0.15, 0.2) is 24.3 Å². The Balaban J connectivity index is 2.23. The van der Waals surface area contributed by atoms with E-state index >= 15 is 0 Å². The van der Waals surface area contributed by atoms with Gasteiger partial charge in [-0.05, 0) is 25.5 Å². The van der Waals surface area contributed by atoms with Crippen molar-refractivity contribution < 1.29 is 4.79 Å². The second-order valence-electron chi connectivity index (χ2n) is 3.83.